The molecule has 0 bridgehead atoms. The topological polar surface area (TPSA) is 81.6 Å². The number of amides is 1. The SMILES string of the molecule is CCNC(C(=O)Nc1c(C)ccc(O)c1C)c1ccc(O)cc1. The number of hydrogen-bond acceptors (Lipinski definition) is 4. The summed E-state index contributed by atoms with van der Waals surface area (Å²) >= 11 is 0. The average Bonchev–Trinajstić information content (AvgIpc) is 2.54. The van der Waals surface area contributed by atoms with Crippen LogP contribution in [0.1, 0.15) is 29.7 Å². The smallest absolute Gasteiger partial charge is 0.246 e. The van der Waals surface area contributed by atoms with Crippen LogP contribution in [0.2, 0.25) is 0 Å². The third-order valence-corrected chi connectivity index (χ3v) is 3.79. The molecule has 0 heterocycles. The Morgan fingerprint density at radius 2 is 1.74 bits per heavy atom. The van der Waals surface area contributed by atoms with Gasteiger partial charge < -0.3 is 20.8 Å². The van der Waals surface area contributed by atoms with E-state index < -0.39 is 6.04 Å². The molecule has 5 nitrogen and oxygen atoms in total. The van der Waals surface area contributed by atoms with Gasteiger partial charge in [-0.25, -0.2) is 0 Å². The van der Waals surface area contributed by atoms with Gasteiger partial charge in [-0.2, -0.15) is 0 Å². The van der Waals surface area contributed by atoms with Crippen molar-refractivity contribution < 1.29 is 15.0 Å². The lowest BCUT2D eigenvalue weighted by Gasteiger charge is -2.20. The molecule has 1 amide bonds. The molecule has 122 valence electrons. The van der Waals surface area contributed by atoms with Crippen LogP contribution < -0.4 is 10.6 Å². The first-order valence-electron chi connectivity index (χ1n) is 7.56. The molecule has 0 aliphatic carbocycles. The summed E-state index contributed by atoms with van der Waals surface area (Å²) in [5.41, 5.74) is 2.91. The Morgan fingerprint density at radius 3 is 2.35 bits per heavy atom. The Kier molecular flexibility index (Phi) is 5.24. The molecule has 2 rings (SSSR count). The van der Waals surface area contributed by atoms with Crippen molar-refractivity contribution in [2.75, 3.05) is 11.9 Å². The molecule has 0 aliphatic heterocycles. The minimum absolute atomic E-state index is 0.149. The zero-order valence-corrected chi connectivity index (χ0v) is 13.6. The summed E-state index contributed by atoms with van der Waals surface area (Å²) in [6.07, 6.45) is 0. The van der Waals surface area contributed by atoms with Crippen LogP contribution in [-0.2, 0) is 4.79 Å². The Balaban J connectivity index is 2.29. The highest BCUT2D eigenvalue weighted by atomic mass is 16.3. The first-order chi connectivity index (χ1) is 10.9. The fourth-order valence-electron chi connectivity index (χ4n) is 2.46. The van der Waals surface area contributed by atoms with Gasteiger partial charge in [0.05, 0.1) is 5.69 Å². The molecule has 1 atom stereocenters. The molecule has 5 heteroatoms. The maximum Gasteiger partial charge on any atom is 0.246 e. The Bertz CT molecular complexity index is 696. The normalized spacial score (nSPS) is 12.0. The van der Waals surface area contributed by atoms with Crippen molar-refractivity contribution in [2.24, 2.45) is 0 Å². The highest BCUT2D eigenvalue weighted by molar-refractivity contribution is 5.97. The third kappa shape index (κ3) is 3.81. The number of hydrogen-bond donors (Lipinski definition) is 4. The van der Waals surface area contributed by atoms with E-state index in [-0.39, 0.29) is 17.4 Å². The zero-order valence-electron chi connectivity index (χ0n) is 13.6. The van der Waals surface area contributed by atoms with E-state index in [4.69, 9.17) is 0 Å². The van der Waals surface area contributed by atoms with Crippen LogP contribution in [-0.4, -0.2) is 22.7 Å². The first-order valence-corrected chi connectivity index (χ1v) is 7.56. The Morgan fingerprint density at radius 1 is 1.09 bits per heavy atom. The number of carbonyl (C=O) groups is 1. The molecule has 1 unspecified atom stereocenters. The maximum absolute atomic E-state index is 12.7. The number of carbonyl (C=O) groups excluding carboxylic acids is 1. The van der Waals surface area contributed by atoms with Crippen molar-refractivity contribution in [3.05, 3.63) is 53.1 Å². The number of benzene rings is 2. The lowest BCUT2D eigenvalue weighted by Crippen LogP contribution is -2.33. The highest BCUT2D eigenvalue weighted by Crippen LogP contribution is 2.29. The lowest BCUT2D eigenvalue weighted by atomic mass is 10.0. The van der Waals surface area contributed by atoms with Gasteiger partial charge in [0.2, 0.25) is 5.91 Å². The number of anilines is 1. The summed E-state index contributed by atoms with van der Waals surface area (Å²) in [5, 5.41) is 25.3. The van der Waals surface area contributed by atoms with E-state index >= 15 is 0 Å². The number of nitrogens with one attached hydrogen (secondary N) is 2. The van der Waals surface area contributed by atoms with Crippen LogP contribution in [0.25, 0.3) is 0 Å². The van der Waals surface area contributed by atoms with E-state index in [1.165, 1.54) is 0 Å². The second kappa shape index (κ2) is 7.15. The van der Waals surface area contributed by atoms with Gasteiger partial charge >= 0.3 is 0 Å². The number of phenols is 2. The van der Waals surface area contributed by atoms with Crippen LogP contribution in [0.4, 0.5) is 5.69 Å². The third-order valence-electron chi connectivity index (χ3n) is 3.79. The van der Waals surface area contributed by atoms with Gasteiger partial charge in [0.15, 0.2) is 0 Å². The predicted octanol–water partition coefficient (Wildman–Crippen LogP) is 3.00. The second-order valence-electron chi connectivity index (χ2n) is 5.47. The molecule has 2 aromatic carbocycles. The molecule has 0 fully saturated rings. The Labute approximate surface area is 136 Å². The van der Waals surface area contributed by atoms with Gasteiger partial charge in [-0.3, -0.25) is 4.79 Å². The average molecular weight is 314 g/mol. The monoisotopic (exact) mass is 314 g/mol. The van der Waals surface area contributed by atoms with Crippen molar-refractivity contribution in [3.8, 4) is 11.5 Å². The molecule has 23 heavy (non-hydrogen) atoms. The van der Waals surface area contributed by atoms with Crippen LogP contribution >= 0.6 is 0 Å². The van der Waals surface area contributed by atoms with Crippen LogP contribution in [0.15, 0.2) is 36.4 Å². The molecular weight excluding hydrogens is 292 g/mol. The number of rotatable bonds is 5. The second-order valence-corrected chi connectivity index (χ2v) is 5.47. The number of aromatic hydroxyl groups is 2. The molecular formula is C18H22N2O3. The molecule has 2 aromatic rings. The zero-order chi connectivity index (χ0) is 17.0. The summed E-state index contributed by atoms with van der Waals surface area (Å²) in [7, 11) is 0. The predicted molar refractivity (Wildman–Crippen MR) is 90.7 cm³/mol. The fourth-order valence-corrected chi connectivity index (χ4v) is 2.46. The standard InChI is InChI=1S/C18H22N2O3/c1-4-19-17(13-6-8-14(21)9-7-13)18(23)20-16-11(2)5-10-15(22)12(16)3/h5-10,17,19,21-22H,4H2,1-3H3,(H,20,23). The number of likely N-dealkylation sites (N-methyl/N-ethyl adjacent to an activating group) is 1. The minimum atomic E-state index is -0.540. The molecule has 0 spiro atoms. The van der Waals surface area contributed by atoms with E-state index in [0.717, 1.165) is 11.1 Å². The van der Waals surface area contributed by atoms with Crippen molar-refractivity contribution in [2.45, 2.75) is 26.8 Å². The summed E-state index contributed by atoms with van der Waals surface area (Å²) < 4.78 is 0. The lowest BCUT2D eigenvalue weighted by molar-refractivity contribution is -0.118. The molecule has 0 aliphatic rings. The molecule has 4 N–H and O–H groups in total. The van der Waals surface area contributed by atoms with Gasteiger partial charge in [-0.05, 0) is 49.7 Å². The maximum atomic E-state index is 12.7. The quantitative estimate of drug-likeness (QED) is 0.684. The highest BCUT2D eigenvalue weighted by Gasteiger charge is 2.21. The largest absolute Gasteiger partial charge is 0.508 e. The van der Waals surface area contributed by atoms with Crippen LogP contribution in [0.3, 0.4) is 0 Å². The van der Waals surface area contributed by atoms with Crippen molar-refractivity contribution in [3.63, 3.8) is 0 Å². The van der Waals surface area contributed by atoms with Crippen molar-refractivity contribution in [1.29, 1.82) is 0 Å². The van der Waals surface area contributed by atoms with E-state index in [2.05, 4.69) is 10.6 Å². The first kappa shape index (κ1) is 16.8. The number of phenolic OH excluding ortho intramolecular Hbond substituents is 2. The van der Waals surface area contributed by atoms with Gasteiger partial charge in [-0.15, -0.1) is 0 Å². The van der Waals surface area contributed by atoms with Crippen LogP contribution in [0.5, 0.6) is 11.5 Å². The molecule has 0 radical (unpaired) electrons. The Hall–Kier alpha value is -2.53. The number of aryl methyl sites for hydroxylation is 1. The summed E-state index contributed by atoms with van der Waals surface area (Å²) in [5.74, 6) is 0.0916. The van der Waals surface area contributed by atoms with E-state index in [1.807, 2.05) is 13.8 Å². The van der Waals surface area contributed by atoms with Crippen LogP contribution in [0, 0.1) is 13.8 Å². The fraction of sp³-hybridized carbons (Fsp3) is 0.278. The van der Waals surface area contributed by atoms with Crippen molar-refractivity contribution >= 4 is 11.6 Å². The molecule has 0 saturated heterocycles. The van der Waals surface area contributed by atoms with Gasteiger partial charge in [0.25, 0.3) is 0 Å². The minimum Gasteiger partial charge on any atom is -0.508 e. The van der Waals surface area contributed by atoms with E-state index in [0.29, 0.717) is 17.8 Å². The van der Waals surface area contributed by atoms with Crippen molar-refractivity contribution in [1.82, 2.24) is 5.32 Å². The molecule has 0 aromatic heterocycles. The summed E-state index contributed by atoms with van der Waals surface area (Å²) in [6, 6.07) is 9.37. The van der Waals surface area contributed by atoms with E-state index in [9.17, 15) is 15.0 Å². The molecule has 0 saturated carbocycles. The van der Waals surface area contributed by atoms with E-state index in [1.54, 1.807) is 43.3 Å². The van der Waals surface area contributed by atoms with Gasteiger partial charge in [0, 0.05) is 5.56 Å². The summed E-state index contributed by atoms with van der Waals surface area (Å²) in [4.78, 5) is 12.7. The van der Waals surface area contributed by atoms with Gasteiger partial charge in [-0.1, -0.05) is 25.1 Å². The van der Waals surface area contributed by atoms with Gasteiger partial charge in [0.1, 0.15) is 17.5 Å². The summed E-state index contributed by atoms with van der Waals surface area (Å²) in [6.45, 7) is 6.19.